The van der Waals surface area contributed by atoms with Crippen molar-refractivity contribution in [1.29, 1.82) is 0 Å². The maximum Gasteiger partial charge on any atom is 0.259 e. The van der Waals surface area contributed by atoms with Gasteiger partial charge in [-0.1, -0.05) is 51.7 Å². The number of benzene rings is 1. The van der Waals surface area contributed by atoms with Crippen molar-refractivity contribution in [3.8, 4) is 22.2 Å². The zero-order valence-corrected chi connectivity index (χ0v) is 31.7. The Bertz CT molecular complexity index is 1920. The van der Waals surface area contributed by atoms with E-state index in [-0.39, 0.29) is 43.6 Å². The van der Waals surface area contributed by atoms with Gasteiger partial charge in [-0.15, -0.1) is 11.3 Å². The van der Waals surface area contributed by atoms with Crippen LogP contribution in [0.5, 0.6) is 11.5 Å². The topological polar surface area (TPSA) is 166 Å². The largest absolute Gasteiger partial charge is 0.497 e. The third-order valence-corrected chi connectivity index (χ3v) is 13.0. The van der Waals surface area contributed by atoms with Crippen molar-refractivity contribution in [3.05, 3.63) is 47.5 Å². The van der Waals surface area contributed by atoms with Gasteiger partial charge in [0.2, 0.25) is 21.8 Å². The molecule has 2 saturated carbocycles. The smallest absolute Gasteiger partial charge is 0.259 e. The average Bonchev–Trinajstić information content (AvgIpc) is 3.58. The van der Waals surface area contributed by atoms with E-state index >= 15 is 0 Å². The first-order chi connectivity index (χ1) is 25.0. The summed E-state index contributed by atoms with van der Waals surface area (Å²) >= 11 is 1.50. The third kappa shape index (κ3) is 8.76. The number of carbonyl (C=O) groups excluding carboxylic acids is 3. The quantitative estimate of drug-likeness (QED) is 0.213. The Morgan fingerprint density at radius 3 is 2.62 bits per heavy atom. The van der Waals surface area contributed by atoms with E-state index < -0.39 is 38.7 Å². The number of hydrogen-bond donors (Lipinski definition) is 3. The molecule has 12 nitrogen and oxygen atoms in total. The van der Waals surface area contributed by atoms with Crippen LogP contribution in [0.25, 0.3) is 21.6 Å². The number of nitrogens with zero attached hydrogens (tertiary/aromatic N) is 2. The second-order valence-electron chi connectivity index (χ2n) is 14.4. The maximum atomic E-state index is 14.0. The predicted molar refractivity (Wildman–Crippen MR) is 201 cm³/mol. The molecule has 3 amide bonds. The molecular formula is C38H49N5O7S2. The number of amides is 3. The molecule has 3 N–H and O–H groups in total. The van der Waals surface area contributed by atoms with Gasteiger partial charge in [0.1, 0.15) is 33.8 Å². The second-order valence-corrected chi connectivity index (χ2v) is 17.2. The molecule has 2 fully saturated rings. The number of carbonyl (C=O) groups is 3. The molecule has 3 heterocycles. The summed E-state index contributed by atoms with van der Waals surface area (Å²) in [7, 11) is -2.33. The molecule has 2 aromatic heterocycles. The molecule has 0 saturated heterocycles. The average molecular weight is 752 g/mol. The van der Waals surface area contributed by atoms with Gasteiger partial charge in [-0.3, -0.25) is 19.1 Å². The minimum absolute atomic E-state index is 0.0522. The van der Waals surface area contributed by atoms with Crippen LogP contribution in [0.4, 0.5) is 0 Å². The minimum atomic E-state index is -3.92. The first-order valence-corrected chi connectivity index (χ1v) is 20.8. The number of nitrogens with one attached hydrogen (secondary N) is 3. The molecule has 3 aliphatic rings. The van der Waals surface area contributed by atoms with Crippen molar-refractivity contribution in [3.63, 3.8) is 0 Å². The standard InChI is InChI=1S/C38H49N5O7S2/c1-24(2)32-23-51-36(41-32)31-21-33(28-17-16-26(49-3)20-30(28)39-31)50-19-18-29-35(45)42-38(37(46)43-52(47,48)27-13-9-7-10-14-27)22-25(38)12-8-5-4-6-11-15-34(44)40-29/h8,12,16-17,20-21,23-25,27,29H,4-7,9-11,13-15,18-19,22H2,1-3H3,(H,40,44)(H,42,45)(H,43,46)/b12-8-/t25-,29+,38-/m1/s1. The van der Waals surface area contributed by atoms with Gasteiger partial charge in [-0.05, 0) is 56.6 Å². The third-order valence-electron chi connectivity index (χ3n) is 10.3. The van der Waals surface area contributed by atoms with Crippen LogP contribution in [0, 0.1) is 5.92 Å². The summed E-state index contributed by atoms with van der Waals surface area (Å²) in [6.07, 6.45) is 11.3. The monoisotopic (exact) mass is 751 g/mol. The molecule has 3 aromatic rings. The highest BCUT2D eigenvalue weighted by molar-refractivity contribution is 7.90. The van der Waals surface area contributed by atoms with Crippen LogP contribution in [0.2, 0.25) is 0 Å². The van der Waals surface area contributed by atoms with E-state index in [0.29, 0.717) is 42.0 Å². The van der Waals surface area contributed by atoms with Crippen LogP contribution in [0.3, 0.4) is 0 Å². The molecule has 14 heteroatoms. The zero-order chi connectivity index (χ0) is 36.9. The normalized spacial score (nSPS) is 23.9. The van der Waals surface area contributed by atoms with E-state index in [0.717, 1.165) is 54.6 Å². The van der Waals surface area contributed by atoms with Crippen LogP contribution in [-0.4, -0.2) is 66.7 Å². The first kappa shape index (κ1) is 37.7. The number of rotatable bonds is 10. The van der Waals surface area contributed by atoms with E-state index in [1.807, 2.05) is 41.8 Å². The zero-order valence-electron chi connectivity index (χ0n) is 30.1. The number of ether oxygens (including phenoxy) is 2. The Kier molecular flexibility index (Phi) is 11.8. The summed E-state index contributed by atoms with van der Waals surface area (Å²) < 4.78 is 40.6. The fourth-order valence-electron chi connectivity index (χ4n) is 6.98. The minimum Gasteiger partial charge on any atom is -0.497 e. The summed E-state index contributed by atoms with van der Waals surface area (Å²) in [6, 6.07) is 6.31. The van der Waals surface area contributed by atoms with Crippen molar-refractivity contribution in [1.82, 2.24) is 25.3 Å². The first-order valence-electron chi connectivity index (χ1n) is 18.4. The van der Waals surface area contributed by atoms with Gasteiger partial charge in [-0.2, -0.15) is 0 Å². The predicted octanol–water partition coefficient (Wildman–Crippen LogP) is 5.92. The van der Waals surface area contributed by atoms with Crippen molar-refractivity contribution in [2.75, 3.05) is 13.7 Å². The molecule has 0 bridgehead atoms. The number of allylic oxidation sites excluding steroid dienone is 1. The van der Waals surface area contributed by atoms with Gasteiger partial charge in [-0.25, -0.2) is 18.4 Å². The Hall–Kier alpha value is -4.04. The molecule has 2 aliphatic carbocycles. The Morgan fingerprint density at radius 1 is 1.08 bits per heavy atom. The summed E-state index contributed by atoms with van der Waals surface area (Å²) in [6.45, 7) is 4.22. The van der Waals surface area contributed by atoms with E-state index in [1.54, 1.807) is 7.11 Å². The number of hydrogen-bond acceptors (Lipinski definition) is 10. The molecule has 6 rings (SSSR count). The van der Waals surface area contributed by atoms with E-state index in [2.05, 4.69) is 29.2 Å². The van der Waals surface area contributed by atoms with Gasteiger partial charge >= 0.3 is 0 Å². The van der Waals surface area contributed by atoms with E-state index in [4.69, 9.17) is 19.4 Å². The fraction of sp³-hybridized carbons (Fsp3) is 0.553. The van der Waals surface area contributed by atoms with Crippen LogP contribution in [0.1, 0.15) is 103 Å². The molecule has 0 unspecified atom stereocenters. The Labute approximate surface area is 309 Å². The number of methoxy groups -OCH3 is 1. The highest BCUT2D eigenvalue weighted by Crippen LogP contribution is 2.45. The molecule has 1 aliphatic heterocycles. The lowest BCUT2D eigenvalue weighted by atomic mass is 10.0. The lowest BCUT2D eigenvalue weighted by Crippen LogP contribution is -2.57. The summed E-state index contributed by atoms with van der Waals surface area (Å²) in [5, 5.41) is 8.63. The van der Waals surface area contributed by atoms with Crippen LogP contribution < -0.4 is 24.8 Å². The van der Waals surface area contributed by atoms with E-state index in [9.17, 15) is 22.8 Å². The SMILES string of the molecule is COc1ccc2c(OCC[C@@H]3NC(=O)CCCCC/C=C\[C@@H]4C[C@@]4(C(=O)NS(=O)(=O)C4CCCCC4)NC3=O)cc(-c3nc(C(C)C)cs3)nc2c1. The van der Waals surface area contributed by atoms with Gasteiger partial charge in [0.25, 0.3) is 5.91 Å². The van der Waals surface area contributed by atoms with Gasteiger partial charge in [0.05, 0.1) is 30.2 Å². The lowest BCUT2D eigenvalue weighted by molar-refractivity contribution is -0.132. The van der Waals surface area contributed by atoms with Gasteiger partial charge in [0, 0.05) is 41.7 Å². The van der Waals surface area contributed by atoms with Gasteiger partial charge < -0.3 is 20.1 Å². The maximum absolute atomic E-state index is 14.0. The number of pyridine rings is 1. The number of fused-ring (bicyclic) bond motifs is 2. The van der Waals surface area contributed by atoms with Crippen LogP contribution in [-0.2, 0) is 24.4 Å². The van der Waals surface area contributed by atoms with Crippen molar-refractivity contribution >= 4 is 50.0 Å². The lowest BCUT2D eigenvalue weighted by Gasteiger charge is -2.26. The highest BCUT2D eigenvalue weighted by Gasteiger charge is 2.61. The second kappa shape index (κ2) is 16.3. The van der Waals surface area contributed by atoms with Gasteiger partial charge in [0.15, 0.2) is 0 Å². The van der Waals surface area contributed by atoms with Crippen molar-refractivity contribution < 1.29 is 32.3 Å². The number of thiazole rings is 1. The Balaban J connectivity index is 1.23. The molecule has 0 spiro atoms. The van der Waals surface area contributed by atoms with Crippen LogP contribution in [0.15, 0.2) is 41.8 Å². The molecule has 0 radical (unpaired) electrons. The van der Waals surface area contributed by atoms with Crippen molar-refractivity contribution in [2.45, 2.75) is 114 Å². The number of aromatic nitrogens is 2. The molecule has 52 heavy (non-hydrogen) atoms. The van der Waals surface area contributed by atoms with Crippen molar-refractivity contribution in [2.24, 2.45) is 5.92 Å². The number of sulfonamides is 1. The Morgan fingerprint density at radius 2 is 1.87 bits per heavy atom. The fourth-order valence-corrected chi connectivity index (χ4v) is 9.48. The van der Waals surface area contributed by atoms with E-state index in [1.165, 1.54) is 11.3 Å². The molecule has 280 valence electrons. The molecular weight excluding hydrogens is 703 g/mol. The summed E-state index contributed by atoms with van der Waals surface area (Å²) in [5.41, 5.74) is 0.833. The van der Waals surface area contributed by atoms with Crippen LogP contribution >= 0.6 is 11.3 Å². The summed E-state index contributed by atoms with van der Waals surface area (Å²) in [5.74, 6) is -0.501. The molecule has 3 atom stereocenters. The molecule has 1 aromatic carbocycles. The summed E-state index contributed by atoms with van der Waals surface area (Å²) in [4.78, 5) is 50.5. The highest BCUT2D eigenvalue weighted by atomic mass is 32.2.